The van der Waals surface area contributed by atoms with Crippen LogP contribution in [-0.2, 0) is 0 Å². The molecule has 1 N–H and O–H groups in total. The minimum absolute atomic E-state index is 0.190. The topological polar surface area (TPSA) is 12.0 Å². The zero-order valence-corrected chi connectivity index (χ0v) is 13.7. The van der Waals surface area contributed by atoms with Crippen LogP contribution in [0.15, 0.2) is 51.4 Å². The number of rotatable bonds is 3. The molecule has 0 heterocycles. The van der Waals surface area contributed by atoms with Crippen molar-refractivity contribution in [3.05, 3.63) is 62.0 Å². The van der Waals surface area contributed by atoms with Gasteiger partial charge in [0.2, 0.25) is 0 Å². The molecule has 0 bridgehead atoms. The fourth-order valence-electron chi connectivity index (χ4n) is 1.75. The Kier molecular flexibility index (Phi) is 4.71. The van der Waals surface area contributed by atoms with Gasteiger partial charge in [0.15, 0.2) is 0 Å². The lowest BCUT2D eigenvalue weighted by Gasteiger charge is -2.18. The summed E-state index contributed by atoms with van der Waals surface area (Å²) in [6.45, 7) is 2.12. The highest BCUT2D eigenvalue weighted by atomic mass is 79.9. The molecule has 4 heteroatoms. The molecule has 2 aromatic carbocycles. The van der Waals surface area contributed by atoms with E-state index in [0.717, 1.165) is 19.7 Å². The van der Waals surface area contributed by atoms with Crippen LogP contribution in [0.5, 0.6) is 0 Å². The van der Waals surface area contributed by atoms with Crippen LogP contribution in [0.2, 0.25) is 5.02 Å². The highest BCUT2D eigenvalue weighted by Crippen LogP contribution is 2.31. The van der Waals surface area contributed by atoms with Gasteiger partial charge in [0.1, 0.15) is 0 Å². The summed E-state index contributed by atoms with van der Waals surface area (Å²) in [5, 5.41) is 4.17. The summed E-state index contributed by atoms with van der Waals surface area (Å²) in [6, 6.07) is 14.1. The SMILES string of the molecule is CC(Nc1cc(Cl)ccc1Br)c1ccccc1Br. The van der Waals surface area contributed by atoms with E-state index in [1.807, 2.05) is 36.4 Å². The Morgan fingerprint density at radius 1 is 1.06 bits per heavy atom. The van der Waals surface area contributed by atoms with Gasteiger partial charge in [-0.1, -0.05) is 45.7 Å². The Bertz CT molecular complexity index is 557. The quantitative estimate of drug-likeness (QED) is 0.675. The highest BCUT2D eigenvalue weighted by Gasteiger charge is 2.10. The summed E-state index contributed by atoms with van der Waals surface area (Å²) in [4.78, 5) is 0. The van der Waals surface area contributed by atoms with Crippen molar-refractivity contribution in [2.24, 2.45) is 0 Å². The lowest BCUT2D eigenvalue weighted by molar-refractivity contribution is 0.878. The summed E-state index contributed by atoms with van der Waals surface area (Å²) in [5.74, 6) is 0. The van der Waals surface area contributed by atoms with Crippen LogP contribution in [0.3, 0.4) is 0 Å². The van der Waals surface area contributed by atoms with Crippen LogP contribution in [-0.4, -0.2) is 0 Å². The Morgan fingerprint density at radius 3 is 2.50 bits per heavy atom. The maximum atomic E-state index is 6.01. The van der Waals surface area contributed by atoms with Gasteiger partial charge in [-0.15, -0.1) is 0 Å². The molecule has 1 nitrogen and oxygen atoms in total. The van der Waals surface area contributed by atoms with Crippen LogP contribution in [0, 0.1) is 0 Å². The second-order valence-electron chi connectivity index (χ2n) is 4.01. The van der Waals surface area contributed by atoms with E-state index < -0.39 is 0 Å². The van der Waals surface area contributed by atoms with E-state index >= 15 is 0 Å². The summed E-state index contributed by atoms with van der Waals surface area (Å²) >= 11 is 13.1. The van der Waals surface area contributed by atoms with E-state index in [1.165, 1.54) is 5.56 Å². The van der Waals surface area contributed by atoms with Gasteiger partial charge in [-0.05, 0) is 52.7 Å². The van der Waals surface area contributed by atoms with Crippen molar-refractivity contribution in [1.82, 2.24) is 0 Å². The van der Waals surface area contributed by atoms with Crippen molar-refractivity contribution in [1.29, 1.82) is 0 Å². The summed E-state index contributed by atoms with van der Waals surface area (Å²) in [7, 11) is 0. The Hall–Kier alpha value is -0.510. The molecule has 0 aliphatic rings. The molecule has 0 aliphatic heterocycles. The molecule has 0 aromatic heterocycles. The largest absolute Gasteiger partial charge is 0.378 e. The maximum Gasteiger partial charge on any atom is 0.0504 e. The second kappa shape index (κ2) is 6.09. The summed E-state index contributed by atoms with van der Waals surface area (Å²) < 4.78 is 2.11. The number of halogens is 3. The van der Waals surface area contributed by atoms with Gasteiger partial charge in [0, 0.05) is 20.0 Å². The van der Waals surface area contributed by atoms with Crippen molar-refractivity contribution in [3.8, 4) is 0 Å². The minimum atomic E-state index is 0.190. The van der Waals surface area contributed by atoms with Gasteiger partial charge in [-0.25, -0.2) is 0 Å². The molecule has 0 saturated carbocycles. The van der Waals surface area contributed by atoms with Gasteiger partial charge in [-0.3, -0.25) is 0 Å². The van der Waals surface area contributed by atoms with Crippen molar-refractivity contribution < 1.29 is 0 Å². The van der Waals surface area contributed by atoms with Crippen molar-refractivity contribution >= 4 is 49.1 Å². The molecule has 1 atom stereocenters. The molecule has 0 aliphatic carbocycles. The molecule has 0 saturated heterocycles. The predicted octanol–water partition coefficient (Wildman–Crippen LogP) is 6.04. The lowest BCUT2D eigenvalue weighted by Crippen LogP contribution is -2.07. The van der Waals surface area contributed by atoms with Crippen LogP contribution >= 0.6 is 43.5 Å². The van der Waals surface area contributed by atoms with Crippen LogP contribution in [0.4, 0.5) is 5.69 Å². The van der Waals surface area contributed by atoms with Crippen LogP contribution in [0.25, 0.3) is 0 Å². The Morgan fingerprint density at radius 2 is 1.78 bits per heavy atom. The Balaban J connectivity index is 2.24. The predicted molar refractivity (Wildman–Crippen MR) is 85.3 cm³/mol. The third-order valence-electron chi connectivity index (χ3n) is 2.67. The second-order valence-corrected chi connectivity index (χ2v) is 6.16. The van der Waals surface area contributed by atoms with E-state index in [2.05, 4.69) is 50.2 Å². The van der Waals surface area contributed by atoms with Gasteiger partial charge in [-0.2, -0.15) is 0 Å². The molecular formula is C14H12Br2ClN. The minimum Gasteiger partial charge on any atom is -0.378 e. The first kappa shape index (κ1) is 13.9. The number of hydrogen-bond donors (Lipinski definition) is 1. The first-order valence-corrected chi connectivity index (χ1v) is 7.50. The smallest absolute Gasteiger partial charge is 0.0504 e. The molecule has 0 amide bonds. The molecule has 0 spiro atoms. The number of nitrogens with one attached hydrogen (secondary N) is 1. The first-order chi connectivity index (χ1) is 8.58. The molecule has 0 radical (unpaired) electrons. The van der Waals surface area contributed by atoms with E-state index in [4.69, 9.17) is 11.6 Å². The third-order valence-corrected chi connectivity index (χ3v) is 4.32. The number of anilines is 1. The fraction of sp³-hybridized carbons (Fsp3) is 0.143. The lowest BCUT2D eigenvalue weighted by atomic mass is 10.1. The normalized spacial score (nSPS) is 12.2. The maximum absolute atomic E-state index is 6.01. The van der Waals surface area contributed by atoms with Gasteiger partial charge < -0.3 is 5.32 Å². The number of benzene rings is 2. The zero-order chi connectivity index (χ0) is 13.1. The van der Waals surface area contributed by atoms with Crippen molar-refractivity contribution in [2.75, 3.05) is 5.32 Å². The third kappa shape index (κ3) is 3.28. The standard InChI is InChI=1S/C14H12Br2ClN/c1-9(11-4-2-3-5-12(11)15)18-14-8-10(17)6-7-13(14)16/h2-9,18H,1H3. The fourth-order valence-corrected chi connectivity index (χ4v) is 2.91. The highest BCUT2D eigenvalue weighted by molar-refractivity contribution is 9.11. The van der Waals surface area contributed by atoms with Crippen molar-refractivity contribution in [2.45, 2.75) is 13.0 Å². The van der Waals surface area contributed by atoms with Gasteiger partial charge in [0.25, 0.3) is 0 Å². The summed E-state index contributed by atoms with van der Waals surface area (Å²) in [5.41, 5.74) is 2.20. The molecule has 18 heavy (non-hydrogen) atoms. The van der Waals surface area contributed by atoms with Crippen molar-refractivity contribution in [3.63, 3.8) is 0 Å². The van der Waals surface area contributed by atoms with E-state index in [1.54, 1.807) is 0 Å². The number of hydrogen-bond acceptors (Lipinski definition) is 1. The molecule has 94 valence electrons. The molecule has 0 fully saturated rings. The molecular weight excluding hydrogens is 377 g/mol. The molecule has 2 aromatic rings. The molecule has 1 unspecified atom stereocenters. The average Bonchev–Trinajstić information content (AvgIpc) is 2.34. The van der Waals surface area contributed by atoms with E-state index in [-0.39, 0.29) is 6.04 Å². The van der Waals surface area contributed by atoms with Crippen LogP contribution in [0.1, 0.15) is 18.5 Å². The Labute approximate surface area is 129 Å². The molecule has 2 rings (SSSR count). The van der Waals surface area contributed by atoms with E-state index in [9.17, 15) is 0 Å². The monoisotopic (exact) mass is 387 g/mol. The van der Waals surface area contributed by atoms with Gasteiger partial charge in [0.05, 0.1) is 5.69 Å². The van der Waals surface area contributed by atoms with E-state index in [0.29, 0.717) is 0 Å². The van der Waals surface area contributed by atoms with Crippen LogP contribution < -0.4 is 5.32 Å². The first-order valence-electron chi connectivity index (χ1n) is 5.54. The average molecular weight is 390 g/mol. The zero-order valence-electron chi connectivity index (χ0n) is 9.75. The summed E-state index contributed by atoms with van der Waals surface area (Å²) in [6.07, 6.45) is 0. The van der Waals surface area contributed by atoms with Gasteiger partial charge >= 0.3 is 0 Å².